The van der Waals surface area contributed by atoms with Crippen molar-refractivity contribution in [3.63, 3.8) is 0 Å². The molecule has 1 rings (SSSR count). The number of amides is 1. The fourth-order valence-corrected chi connectivity index (χ4v) is 1.89. The van der Waals surface area contributed by atoms with Gasteiger partial charge in [-0.3, -0.25) is 4.79 Å². The summed E-state index contributed by atoms with van der Waals surface area (Å²) in [5.41, 5.74) is 5.32. The van der Waals surface area contributed by atoms with Crippen molar-refractivity contribution in [2.24, 2.45) is 10.9 Å². The van der Waals surface area contributed by atoms with Gasteiger partial charge in [0.2, 0.25) is 5.91 Å². The zero-order chi connectivity index (χ0) is 12.7. The average molecular weight is 243 g/mol. The van der Waals surface area contributed by atoms with Crippen LogP contribution >= 0.6 is 0 Å². The van der Waals surface area contributed by atoms with Crippen LogP contribution in [0.25, 0.3) is 0 Å². The third kappa shape index (κ3) is 4.60. The number of rotatable bonds is 5. The number of likely N-dealkylation sites (tertiary alicyclic amines) is 1. The van der Waals surface area contributed by atoms with E-state index in [0.29, 0.717) is 6.54 Å². The zero-order valence-electron chi connectivity index (χ0n) is 10.3. The molecule has 0 aromatic rings. The van der Waals surface area contributed by atoms with Crippen molar-refractivity contribution >= 4 is 11.7 Å². The lowest BCUT2D eigenvalue weighted by molar-refractivity contribution is -0.134. The van der Waals surface area contributed by atoms with Gasteiger partial charge in [0.15, 0.2) is 0 Å². The van der Waals surface area contributed by atoms with Crippen molar-refractivity contribution in [2.75, 3.05) is 19.7 Å². The van der Waals surface area contributed by atoms with Crippen LogP contribution in [0.15, 0.2) is 5.16 Å². The van der Waals surface area contributed by atoms with E-state index in [1.54, 1.807) is 4.90 Å². The van der Waals surface area contributed by atoms with Crippen LogP contribution in [0.4, 0.5) is 0 Å². The molecule has 1 unspecified atom stereocenters. The second kappa shape index (κ2) is 7.11. The minimum atomic E-state index is -0.106. The van der Waals surface area contributed by atoms with E-state index in [0.717, 1.165) is 32.4 Å². The van der Waals surface area contributed by atoms with E-state index >= 15 is 0 Å². The lowest BCUT2D eigenvalue weighted by Crippen LogP contribution is -2.44. The molecule has 1 amide bonds. The molecule has 1 atom stereocenters. The molecule has 98 valence electrons. The van der Waals surface area contributed by atoms with Gasteiger partial charge in [-0.25, -0.2) is 0 Å². The van der Waals surface area contributed by atoms with E-state index in [1.165, 1.54) is 0 Å². The Morgan fingerprint density at radius 1 is 1.65 bits per heavy atom. The Hall–Kier alpha value is -1.30. The maximum atomic E-state index is 11.8. The number of nitrogens with two attached hydrogens (primary N) is 1. The van der Waals surface area contributed by atoms with Gasteiger partial charge in [-0.2, -0.15) is 0 Å². The summed E-state index contributed by atoms with van der Waals surface area (Å²) >= 11 is 0. The highest BCUT2D eigenvalue weighted by Gasteiger charge is 2.24. The highest BCUT2D eigenvalue weighted by molar-refractivity contribution is 5.98. The molecular weight excluding hydrogens is 222 g/mol. The third-order valence-corrected chi connectivity index (χ3v) is 2.75. The Morgan fingerprint density at radius 2 is 2.41 bits per heavy atom. The van der Waals surface area contributed by atoms with Crippen molar-refractivity contribution < 1.29 is 14.7 Å². The van der Waals surface area contributed by atoms with E-state index in [-0.39, 0.29) is 24.3 Å². The number of carbonyl (C=O) groups is 1. The molecule has 1 aliphatic rings. The standard InChI is InChI=1S/C11H21N3O3/c1-2-6-17-9-4-3-5-14(8-9)11(15)7-10(12)13-16/h9,16H,2-8H2,1H3,(H2,12,13). The minimum Gasteiger partial charge on any atom is -0.409 e. The SMILES string of the molecule is CCCOC1CCCN(C(=O)CC(N)=NO)C1. The molecule has 0 radical (unpaired) electrons. The molecule has 0 aromatic heterocycles. The maximum Gasteiger partial charge on any atom is 0.230 e. The number of piperidine rings is 1. The summed E-state index contributed by atoms with van der Waals surface area (Å²) in [5.74, 6) is -0.156. The predicted molar refractivity (Wildman–Crippen MR) is 63.9 cm³/mol. The van der Waals surface area contributed by atoms with E-state index in [4.69, 9.17) is 15.7 Å². The molecule has 17 heavy (non-hydrogen) atoms. The number of hydrogen-bond donors (Lipinski definition) is 2. The Morgan fingerprint density at radius 3 is 3.06 bits per heavy atom. The quantitative estimate of drug-likeness (QED) is 0.319. The van der Waals surface area contributed by atoms with Gasteiger partial charge in [-0.05, 0) is 19.3 Å². The number of oxime groups is 1. The summed E-state index contributed by atoms with van der Waals surface area (Å²) in [4.78, 5) is 13.5. The second-order valence-corrected chi connectivity index (χ2v) is 4.24. The zero-order valence-corrected chi connectivity index (χ0v) is 10.3. The Bertz CT molecular complexity index is 281. The van der Waals surface area contributed by atoms with E-state index in [9.17, 15) is 4.79 Å². The molecule has 3 N–H and O–H groups in total. The van der Waals surface area contributed by atoms with Crippen LogP contribution in [0.3, 0.4) is 0 Å². The number of hydrogen-bond acceptors (Lipinski definition) is 4. The van der Waals surface area contributed by atoms with Gasteiger partial charge in [0.25, 0.3) is 0 Å². The van der Waals surface area contributed by atoms with Crippen molar-refractivity contribution in [1.82, 2.24) is 4.90 Å². The van der Waals surface area contributed by atoms with Gasteiger partial charge >= 0.3 is 0 Å². The van der Waals surface area contributed by atoms with Crippen molar-refractivity contribution in [3.05, 3.63) is 0 Å². The maximum absolute atomic E-state index is 11.8. The summed E-state index contributed by atoms with van der Waals surface area (Å²) in [6.45, 7) is 4.12. The summed E-state index contributed by atoms with van der Waals surface area (Å²) in [5, 5.41) is 11.2. The summed E-state index contributed by atoms with van der Waals surface area (Å²) < 4.78 is 5.64. The number of amidine groups is 1. The highest BCUT2D eigenvalue weighted by atomic mass is 16.5. The van der Waals surface area contributed by atoms with Crippen LogP contribution in [0.5, 0.6) is 0 Å². The molecule has 6 heteroatoms. The van der Waals surface area contributed by atoms with Crippen molar-refractivity contribution in [3.8, 4) is 0 Å². The van der Waals surface area contributed by atoms with E-state index in [1.807, 2.05) is 0 Å². The van der Waals surface area contributed by atoms with Gasteiger partial charge < -0.3 is 20.6 Å². The predicted octanol–water partition coefficient (Wildman–Crippen LogP) is 0.540. The molecule has 0 saturated carbocycles. The third-order valence-electron chi connectivity index (χ3n) is 2.75. The van der Waals surface area contributed by atoms with Crippen molar-refractivity contribution in [2.45, 2.75) is 38.7 Å². The number of ether oxygens (including phenoxy) is 1. The first kappa shape index (κ1) is 13.8. The molecule has 0 bridgehead atoms. The largest absolute Gasteiger partial charge is 0.409 e. The summed E-state index contributed by atoms with van der Waals surface area (Å²) in [6, 6.07) is 0. The van der Waals surface area contributed by atoms with Crippen molar-refractivity contribution in [1.29, 1.82) is 0 Å². The van der Waals surface area contributed by atoms with Gasteiger partial charge in [-0.1, -0.05) is 12.1 Å². The summed E-state index contributed by atoms with van der Waals surface area (Å²) in [7, 11) is 0. The van der Waals surface area contributed by atoms with Crippen LogP contribution in [0.1, 0.15) is 32.6 Å². The minimum absolute atomic E-state index is 0.0308. The Labute approximate surface area is 101 Å². The molecule has 6 nitrogen and oxygen atoms in total. The fraction of sp³-hybridized carbons (Fsp3) is 0.818. The molecule has 0 aliphatic carbocycles. The van der Waals surface area contributed by atoms with Crippen LogP contribution < -0.4 is 5.73 Å². The van der Waals surface area contributed by atoms with Crippen LogP contribution in [0, 0.1) is 0 Å². The molecular formula is C11H21N3O3. The Kier molecular flexibility index (Phi) is 5.76. The fourth-order valence-electron chi connectivity index (χ4n) is 1.89. The van der Waals surface area contributed by atoms with Crippen LogP contribution in [0.2, 0.25) is 0 Å². The Balaban J connectivity index is 2.40. The lowest BCUT2D eigenvalue weighted by atomic mass is 10.1. The van der Waals surface area contributed by atoms with Gasteiger partial charge in [0.05, 0.1) is 12.5 Å². The highest BCUT2D eigenvalue weighted by Crippen LogP contribution is 2.14. The molecule has 1 aliphatic heterocycles. The average Bonchev–Trinajstić information content (AvgIpc) is 2.36. The van der Waals surface area contributed by atoms with Crippen LogP contribution in [-0.4, -0.2) is 47.7 Å². The first-order valence-corrected chi connectivity index (χ1v) is 6.03. The van der Waals surface area contributed by atoms with Crippen LogP contribution in [-0.2, 0) is 9.53 Å². The van der Waals surface area contributed by atoms with Gasteiger partial charge in [0, 0.05) is 19.7 Å². The molecule has 0 aromatic carbocycles. The lowest BCUT2D eigenvalue weighted by Gasteiger charge is -2.32. The molecule has 0 spiro atoms. The number of carbonyl (C=O) groups excluding carboxylic acids is 1. The van der Waals surface area contributed by atoms with Gasteiger partial charge in [-0.15, -0.1) is 0 Å². The molecule has 1 heterocycles. The smallest absolute Gasteiger partial charge is 0.230 e. The second-order valence-electron chi connectivity index (χ2n) is 4.24. The molecule has 1 saturated heterocycles. The normalized spacial score (nSPS) is 21.6. The summed E-state index contributed by atoms with van der Waals surface area (Å²) in [6.07, 6.45) is 3.01. The first-order chi connectivity index (χ1) is 8.17. The van der Waals surface area contributed by atoms with E-state index < -0.39 is 0 Å². The van der Waals surface area contributed by atoms with E-state index in [2.05, 4.69) is 12.1 Å². The topological polar surface area (TPSA) is 88.2 Å². The first-order valence-electron chi connectivity index (χ1n) is 6.03. The molecule has 1 fully saturated rings. The monoisotopic (exact) mass is 243 g/mol. The number of nitrogens with zero attached hydrogens (tertiary/aromatic N) is 2. The van der Waals surface area contributed by atoms with Gasteiger partial charge in [0.1, 0.15) is 5.84 Å².